The molecule has 0 fully saturated rings. The largest absolute Gasteiger partial charge is 0.0637 e. The van der Waals surface area contributed by atoms with Crippen molar-refractivity contribution in [3.63, 3.8) is 0 Å². The Morgan fingerprint density at radius 2 is 1.25 bits per heavy atom. The van der Waals surface area contributed by atoms with Gasteiger partial charge in [0.1, 0.15) is 0 Å². The maximum absolute atomic E-state index is 6.22. The first-order valence-electron chi connectivity index (χ1n) is 8.19. The molecule has 0 unspecified atom stereocenters. The lowest BCUT2D eigenvalue weighted by Gasteiger charge is -2.43. The van der Waals surface area contributed by atoms with E-state index in [-0.39, 0.29) is 12.9 Å². The Hall–Kier alpha value is -0.911. The molecule has 2 aromatic carbocycles. The minimum atomic E-state index is -0.633. The van der Waals surface area contributed by atoms with Crippen LogP contribution in [0.3, 0.4) is 0 Å². The lowest BCUT2D eigenvalue weighted by atomic mass is 8.58. The maximum atomic E-state index is 6.22. The first kappa shape index (κ1) is 17.9. The average molecular weight is 287 g/mol. The molecule has 0 saturated carbocycles. The van der Waals surface area contributed by atoms with Crippen LogP contribution < -0.4 is 0 Å². The molecule has 3 rings (SSSR count). The number of hydrogen-bond donors (Lipinski definition) is 0. The fraction of sp³-hybridized carbons (Fsp3) is 0.143. The highest BCUT2D eigenvalue weighted by atomic mass is 14.3. The van der Waals surface area contributed by atoms with E-state index in [2.05, 4.69) is 31.2 Å². The summed E-state index contributed by atoms with van der Waals surface area (Å²) >= 11 is 0. The van der Waals surface area contributed by atoms with E-state index in [9.17, 15) is 0 Å². The Bertz CT molecular complexity index is 686. The average Bonchev–Trinajstić information content (AvgIpc) is 2.83. The van der Waals surface area contributed by atoms with Crippen molar-refractivity contribution in [2.24, 2.45) is 0 Å². The van der Waals surface area contributed by atoms with Gasteiger partial charge >= 0.3 is 0 Å². The van der Waals surface area contributed by atoms with Crippen molar-refractivity contribution in [2.75, 3.05) is 0 Å². The van der Waals surface area contributed by atoms with E-state index in [4.69, 9.17) is 38.7 Å². The molecule has 11 radical (unpaired) electrons. The lowest BCUT2D eigenvalue weighted by Crippen LogP contribution is -2.69. The predicted octanol–water partition coefficient (Wildman–Crippen LogP) is -0.328. The zero-order chi connectivity index (χ0) is 17.5. The molecule has 2 aromatic rings. The summed E-state index contributed by atoms with van der Waals surface area (Å²) in [6, 6.07) is 16.7. The van der Waals surface area contributed by atoms with Crippen LogP contribution >= 0.6 is 0 Å². The van der Waals surface area contributed by atoms with E-state index >= 15 is 0 Å². The summed E-state index contributed by atoms with van der Waals surface area (Å²) in [7, 11) is 31.9. The van der Waals surface area contributed by atoms with Crippen molar-refractivity contribution in [3.8, 4) is 11.1 Å². The molecule has 24 heavy (non-hydrogen) atoms. The van der Waals surface area contributed by atoms with Gasteiger partial charge in [-0.25, -0.2) is 0 Å². The summed E-state index contributed by atoms with van der Waals surface area (Å²) in [5.41, 5.74) is 4.76. The van der Waals surface area contributed by atoms with Crippen molar-refractivity contribution < 1.29 is 0 Å². The van der Waals surface area contributed by atoms with Gasteiger partial charge in [0.25, 0.3) is 0 Å². The quantitative estimate of drug-likeness (QED) is 0.661. The molecule has 0 spiro atoms. The first-order chi connectivity index (χ1) is 11.4. The van der Waals surface area contributed by atoms with Crippen LogP contribution in [-0.4, -0.2) is 71.4 Å². The highest BCUT2D eigenvalue weighted by Crippen LogP contribution is 2.50. The van der Waals surface area contributed by atoms with Gasteiger partial charge in [0.15, 0.2) is 0 Å². The van der Waals surface area contributed by atoms with Crippen molar-refractivity contribution in [1.82, 2.24) is 0 Å². The van der Waals surface area contributed by atoms with Gasteiger partial charge < -0.3 is 0 Å². The van der Waals surface area contributed by atoms with Crippen LogP contribution in [0.5, 0.6) is 0 Å². The van der Waals surface area contributed by atoms with Gasteiger partial charge in [0.2, 0.25) is 0 Å². The van der Waals surface area contributed by atoms with Gasteiger partial charge in [0, 0.05) is 64.9 Å². The van der Waals surface area contributed by atoms with E-state index in [0.29, 0.717) is 0 Å². The van der Waals surface area contributed by atoms with E-state index < -0.39 is 18.1 Å². The molecular weight excluding hydrogens is 276 g/mol. The van der Waals surface area contributed by atoms with Crippen LogP contribution in [0.25, 0.3) is 11.1 Å². The second-order valence-corrected chi connectivity index (χ2v) is 6.74. The molecule has 0 nitrogen and oxygen atoms in total. The van der Waals surface area contributed by atoms with Gasteiger partial charge in [-0.05, 0) is 27.6 Å². The Balaban J connectivity index is 2.27. The number of hydrogen-bond acceptors (Lipinski definition) is 0. The Labute approximate surface area is 154 Å². The van der Waals surface area contributed by atoms with E-state index in [1.54, 1.807) is 0 Å². The zero-order valence-electron chi connectivity index (χ0n) is 13.9. The van der Waals surface area contributed by atoms with Crippen molar-refractivity contribution in [2.45, 2.75) is 12.2 Å². The van der Waals surface area contributed by atoms with Gasteiger partial charge in [-0.1, -0.05) is 55.5 Å². The fourth-order valence-corrected chi connectivity index (χ4v) is 4.36. The fourth-order valence-electron chi connectivity index (χ4n) is 4.36. The van der Waals surface area contributed by atoms with E-state index in [0.717, 1.165) is 0 Å². The Morgan fingerprint density at radius 1 is 0.792 bits per heavy atom. The van der Waals surface area contributed by atoms with E-state index in [1.807, 2.05) is 24.3 Å². The molecule has 0 aromatic heterocycles. The molecule has 0 bridgehead atoms. The minimum absolute atomic E-state index is 0.229. The summed E-state index contributed by atoms with van der Waals surface area (Å²) in [4.78, 5) is 0. The normalized spacial score (nSPS) is 13.5. The highest BCUT2D eigenvalue weighted by Gasteiger charge is 2.50. The number of rotatable bonds is 5. The molecule has 10 heteroatoms. The van der Waals surface area contributed by atoms with Crippen molar-refractivity contribution >= 4 is 71.4 Å². The monoisotopic (exact) mass is 289 g/mol. The maximum Gasteiger partial charge on any atom is 0.0637 e. The molecule has 0 aliphatic heterocycles. The summed E-state index contributed by atoms with van der Waals surface area (Å²) < 4.78 is 0. The smallest absolute Gasteiger partial charge is 0.0619 e. The van der Waals surface area contributed by atoms with Crippen LogP contribution in [0.1, 0.15) is 18.1 Å². The summed E-state index contributed by atoms with van der Waals surface area (Å²) in [5.74, 6) is 0. The zero-order valence-corrected chi connectivity index (χ0v) is 13.9. The standard InChI is InChI=1S/C14H11B10/c1-14(21(22(16)17)24(20-15)23(18)19)12-8-4-2-6-10(12)11-7-3-5-9-13(11)14/h2-9H,1H3. The molecule has 0 saturated heterocycles. The van der Waals surface area contributed by atoms with Crippen LogP contribution in [0, 0.1) is 0 Å². The summed E-state index contributed by atoms with van der Waals surface area (Å²) in [5, 5.41) is -0.418. The molecule has 1 aliphatic rings. The second-order valence-electron chi connectivity index (χ2n) is 6.74. The SMILES string of the molecule is [B][B]B(B([B])[B])B(B([B])[B])C1(C)c2ccccc2-c2ccccc21. The van der Waals surface area contributed by atoms with Gasteiger partial charge in [0.05, 0.1) is 6.49 Å². The third kappa shape index (κ3) is 2.61. The topological polar surface area (TPSA) is 0 Å². The van der Waals surface area contributed by atoms with Gasteiger partial charge in [-0.3, -0.25) is 0 Å². The number of fused-ring (bicyclic) bond motifs is 3. The lowest BCUT2D eigenvalue weighted by molar-refractivity contribution is 0.839. The third-order valence-electron chi connectivity index (χ3n) is 5.43. The minimum Gasteiger partial charge on any atom is -0.0619 e. The van der Waals surface area contributed by atoms with Crippen molar-refractivity contribution in [1.29, 1.82) is 0 Å². The van der Waals surface area contributed by atoms with Crippen LogP contribution in [0.2, 0.25) is 0 Å². The predicted molar refractivity (Wildman–Crippen MR) is 116 cm³/mol. The second kappa shape index (κ2) is 6.77. The van der Waals surface area contributed by atoms with Crippen molar-refractivity contribution in [3.05, 3.63) is 59.7 Å². The summed E-state index contributed by atoms with van der Waals surface area (Å²) in [6.07, 6.45) is -1.56. The molecule has 0 amide bonds. The van der Waals surface area contributed by atoms with Gasteiger partial charge in [-0.15, -0.1) is 0 Å². The highest BCUT2D eigenvalue weighted by molar-refractivity contribution is 7.95. The molecule has 0 atom stereocenters. The van der Waals surface area contributed by atoms with Crippen LogP contribution in [0.4, 0.5) is 0 Å². The molecule has 97 valence electrons. The Morgan fingerprint density at radius 3 is 1.62 bits per heavy atom. The first-order valence-corrected chi connectivity index (χ1v) is 8.19. The van der Waals surface area contributed by atoms with Crippen LogP contribution in [0.15, 0.2) is 48.5 Å². The molecule has 0 heterocycles. The molecule has 1 aliphatic carbocycles. The van der Waals surface area contributed by atoms with E-state index in [1.165, 1.54) is 29.3 Å². The molecular formula is C14H11B10. The summed E-state index contributed by atoms with van der Waals surface area (Å²) in [6.45, 7) is 1.93. The molecule has 0 N–H and O–H groups in total. The third-order valence-corrected chi connectivity index (χ3v) is 5.43. The van der Waals surface area contributed by atoms with Crippen LogP contribution in [-0.2, 0) is 5.31 Å². The Kier molecular flexibility index (Phi) is 5.05. The number of benzene rings is 2. The van der Waals surface area contributed by atoms with Gasteiger partial charge in [-0.2, -0.15) is 0 Å².